The summed E-state index contributed by atoms with van der Waals surface area (Å²) in [5, 5.41) is 7.25. The topological polar surface area (TPSA) is 114 Å². The van der Waals surface area contributed by atoms with Gasteiger partial charge in [0.2, 0.25) is 11.9 Å². The van der Waals surface area contributed by atoms with Gasteiger partial charge in [-0.25, -0.2) is 9.37 Å². The van der Waals surface area contributed by atoms with Crippen LogP contribution in [-0.4, -0.2) is 61.5 Å². The van der Waals surface area contributed by atoms with Gasteiger partial charge in [-0.05, 0) is 69.1 Å². The minimum absolute atomic E-state index is 0. The van der Waals surface area contributed by atoms with Gasteiger partial charge in [-0.3, -0.25) is 4.79 Å². The number of carbonyl (C=O) groups is 1. The third kappa shape index (κ3) is 7.40. The van der Waals surface area contributed by atoms with Crippen molar-refractivity contribution in [2.75, 3.05) is 23.7 Å². The third-order valence-corrected chi connectivity index (χ3v) is 8.70. The molecule has 12 heteroatoms. The van der Waals surface area contributed by atoms with Crippen molar-refractivity contribution in [2.24, 2.45) is 5.73 Å². The molecule has 9 nitrogen and oxygen atoms in total. The molecule has 2 saturated carbocycles. The van der Waals surface area contributed by atoms with Crippen LogP contribution < -0.4 is 16.4 Å². The van der Waals surface area contributed by atoms with E-state index in [2.05, 4.69) is 15.2 Å². The number of rotatable bonds is 7. The van der Waals surface area contributed by atoms with E-state index >= 15 is 0 Å². The van der Waals surface area contributed by atoms with Crippen LogP contribution in [-0.2, 0) is 11.2 Å². The molecular weight excluding hydrogens is 566 g/mol. The summed E-state index contributed by atoms with van der Waals surface area (Å²) in [5.41, 5.74) is 8.66. The average molecular weight is 608 g/mol. The van der Waals surface area contributed by atoms with Crippen LogP contribution in [0, 0.1) is 5.82 Å². The van der Waals surface area contributed by atoms with Crippen LogP contribution in [0.4, 0.5) is 16.2 Å². The van der Waals surface area contributed by atoms with Gasteiger partial charge < -0.3 is 25.8 Å². The van der Waals surface area contributed by atoms with Crippen LogP contribution in [0.25, 0.3) is 11.2 Å². The quantitative estimate of drug-likeness (QED) is 0.336. The van der Waals surface area contributed by atoms with E-state index in [0.29, 0.717) is 43.6 Å². The molecule has 0 atom stereocenters. The van der Waals surface area contributed by atoms with Crippen LogP contribution in [0.5, 0.6) is 0 Å². The fourth-order valence-electron chi connectivity index (χ4n) is 6.33. The van der Waals surface area contributed by atoms with Crippen molar-refractivity contribution in [3.8, 4) is 0 Å². The molecule has 0 spiro atoms. The minimum atomic E-state index is -0.286. The lowest BCUT2D eigenvalue weighted by atomic mass is 9.92. The van der Waals surface area contributed by atoms with Gasteiger partial charge in [-0.1, -0.05) is 25.0 Å². The number of amides is 1. The summed E-state index contributed by atoms with van der Waals surface area (Å²) in [5.74, 6) is 1.21. The number of hydrogen-bond donors (Lipinski definition) is 3. The molecule has 1 saturated heterocycles. The molecule has 2 aromatic heterocycles. The van der Waals surface area contributed by atoms with Crippen molar-refractivity contribution in [3.05, 3.63) is 42.0 Å². The van der Waals surface area contributed by atoms with E-state index in [0.717, 1.165) is 73.9 Å². The molecular formula is C29H41Cl2FN8O. The molecule has 3 fully saturated rings. The molecule has 0 radical (unpaired) electrons. The predicted molar refractivity (Wildman–Crippen MR) is 165 cm³/mol. The second-order valence-corrected chi connectivity index (χ2v) is 11.5. The second-order valence-electron chi connectivity index (χ2n) is 11.5. The molecule has 1 amide bonds. The molecule has 1 aromatic carbocycles. The Labute approximate surface area is 253 Å². The number of nitrogens with zero attached hydrogens (tertiary/aromatic N) is 5. The zero-order valence-electron chi connectivity index (χ0n) is 23.3. The first-order valence-electron chi connectivity index (χ1n) is 14.6. The van der Waals surface area contributed by atoms with Crippen molar-refractivity contribution in [3.63, 3.8) is 0 Å². The SMILES string of the molecule is Cl.Cl.N[C@H]1CC[C@H](Nc2nc(NC3CCN(C(=O)Cc4ccc(F)cc4)CC3)c3ncn(C4CCCC4)c3n2)CC1. The zero-order valence-corrected chi connectivity index (χ0v) is 24.9. The lowest BCUT2D eigenvalue weighted by Gasteiger charge is -2.33. The normalized spacial score (nSPS) is 21.8. The van der Waals surface area contributed by atoms with E-state index < -0.39 is 0 Å². The van der Waals surface area contributed by atoms with Crippen LogP contribution in [0.3, 0.4) is 0 Å². The summed E-state index contributed by atoms with van der Waals surface area (Å²) in [6.45, 7) is 1.35. The first-order valence-corrected chi connectivity index (χ1v) is 14.6. The molecule has 6 rings (SSSR count). The van der Waals surface area contributed by atoms with Gasteiger partial charge in [0.15, 0.2) is 17.0 Å². The summed E-state index contributed by atoms with van der Waals surface area (Å²) in [6.07, 6.45) is 12.8. The second kappa shape index (κ2) is 14.0. The summed E-state index contributed by atoms with van der Waals surface area (Å²) >= 11 is 0. The number of benzene rings is 1. The maximum atomic E-state index is 13.2. The number of aromatic nitrogens is 4. The van der Waals surface area contributed by atoms with Crippen LogP contribution in [0.2, 0.25) is 0 Å². The zero-order chi connectivity index (χ0) is 26.8. The molecule has 224 valence electrons. The molecule has 3 heterocycles. The van der Waals surface area contributed by atoms with Crippen molar-refractivity contribution >= 4 is 53.7 Å². The minimum Gasteiger partial charge on any atom is -0.365 e. The van der Waals surface area contributed by atoms with Gasteiger partial charge in [0.05, 0.1) is 12.7 Å². The van der Waals surface area contributed by atoms with E-state index in [1.807, 2.05) is 11.2 Å². The number of anilines is 2. The summed E-state index contributed by atoms with van der Waals surface area (Å²) < 4.78 is 15.5. The van der Waals surface area contributed by atoms with E-state index in [9.17, 15) is 9.18 Å². The van der Waals surface area contributed by atoms with Crippen molar-refractivity contribution in [2.45, 2.75) is 94.8 Å². The Kier molecular flexibility index (Phi) is 10.7. The maximum Gasteiger partial charge on any atom is 0.227 e. The monoisotopic (exact) mass is 606 g/mol. The summed E-state index contributed by atoms with van der Waals surface area (Å²) in [7, 11) is 0. The standard InChI is InChI=1S/C29H39FN8O.2ClH/c30-20-7-5-19(6-8-20)17-25(39)37-15-13-23(14-16-37)33-27-26-28(38(18-32-26)24-3-1-2-4-24)36-29(35-27)34-22-11-9-21(31)10-12-22;;/h5-8,18,21-24H,1-4,9-17,31H2,(H2,33,34,35,36);2*1H/t21-,22-;;. The Morgan fingerprint density at radius 3 is 2.24 bits per heavy atom. The Balaban J connectivity index is 0.00000194. The van der Waals surface area contributed by atoms with Gasteiger partial charge in [-0.15, -0.1) is 24.8 Å². The lowest BCUT2D eigenvalue weighted by Crippen LogP contribution is -2.43. The molecule has 4 N–H and O–H groups in total. The van der Waals surface area contributed by atoms with Gasteiger partial charge >= 0.3 is 0 Å². The highest BCUT2D eigenvalue weighted by atomic mass is 35.5. The van der Waals surface area contributed by atoms with Gasteiger partial charge in [0.1, 0.15) is 5.82 Å². The number of imidazole rings is 1. The van der Waals surface area contributed by atoms with E-state index in [-0.39, 0.29) is 42.6 Å². The smallest absolute Gasteiger partial charge is 0.227 e. The summed E-state index contributed by atoms with van der Waals surface area (Å²) in [4.78, 5) is 29.4. The number of hydrogen-bond acceptors (Lipinski definition) is 7. The molecule has 0 bridgehead atoms. The third-order valence-electron chi connectivity index (χ3n) is 8.70. The molecule has 2 aliphatic carbocycles. The Bertz CT molecular complexity index is 1280. The highest BCUT2D eigenvalue weighted by Crippen LogP contribution is 2.34. The van der Waals surface area contributed by atoms with Crippen LogP contribution >= 0.6 is 24.8 Å². The maximum absolute atomic E-state index is 13.2. The van der Waals surface area contributed by atoms with E-state index in [1.54, 1.807) is 12.1 Å². The molecule has 41 heavy (non-hydrogen) atoms. The van der Waals surface area contributed by atoms with Crippen molar-refractivity contribution in [1.29, 1.82) is 0 Å². The van der Waals surface area contributed by atoms with Crippen LogP contribution in [0.15, 0.2) is 30.6 Å². The fraction of sp³-hybridized carbons (Fsp3) is 0.586. The summed E-state index contributed by atoms with van der Waals surface area (Å²) in [6, 6.07) is 7.42. The number of fused-ring (bicyclic) bond motifs is 1. The number of likely N-dealkylation sites (tertiary alicyclic amines) is 1. The fourth-order valence-corrected chi connectivity index (χ4v) is 6.33. The van der Waals surface area contributed by atoms with Gasteiger partial charge in [0.25, 0.3) is 0 Å². The van der Waals surface area contributed by atoms with E-state index in [1.165, 1.54) is 25.0 Å². The molecule has 3 aromatic rings. The Hall–Kier alpha value is -2.69. The highest BCUT2D eigenvalue weighted by Gasteiger charge is 2.27. The number of carbonyl (C=O) groups excluding carboxylic acids is 1. The molecule has 1 aliphatic heterocycles. The highest BCUT2D eigenvalue weighted by molar-refractivity contribution is 5.86. The van der Waals surface area contributed by atoms with Gasteiger partial charge in [-0.2, -0.15) is 9.97 Å². The molecule has 3 aliphatic rings. The Morgan fingerprint density at radius 2 is 1.56 bits per heavy atom. The number of piperidine rings is 1. The number of nitrogens with two attached hydrogens (primary N) is 1. The largest absolute Gasteiger partial charge is 0.365 e. The first kappa shape index (κ1) is 31.3. The predicted octanol–water partition coefficient (Wildman–Crippen LogP) is 5.25. The average Bonchev–Trinajstić information content (AvgIpc) is 3.62. The van der Waals surface area contributed by atoms with Crippen molar-refractivity contribution < 1.29 is 9.18 Å². The van der Waals surface area contributed by atoms with Gasteiger partial charge in [0, 0.05) is 37.3 Å². The van der Waals surface area contributed by atoms with E-state index in [4.69, 9.17) is 20.7 Å². The number of halogens is 3. The van der Waals surface area contributed by atoms with Crippen LogP contribution in [0.1, 0.15) is 75.8 Å². The van der Waals surface area contributed by atoms with Crippen molar-refractivity contribution in [1.82, 2.24) is 24.4 Å². The number of nitrogens with one attached hydrogen (secondary N) is 2. The first-order chi connectivity index (χ1) is 19.0. The molecule has 0 unspecified atom stereocenters. The Morgan fingerprint density at radius 1 is 0.902 bits per heavy atom. The lowest BCUT2D eigenvalue weighted by molar-refractivity contribution is -0.131.